The Morgan fingerprint density at radius 3 is 2.27 bits per heavy atom. The summed E-state index contributed by atoms with van der Waals surface area (Å²) in [5.41, 5.74) is 1.23. The van der Waals surface area contributed by atoms with Crippen LogP contribution in [0.5, 0.6) is 23.0 Å². The lowest BCUT2D eigenvalue weighted by atomic mass is 9.85. The van der Waals surface area contributed by atoms with Crippen molar-refractivity contribution in [3.05, 3.63) is 35.1 Å². The number of carbonyl (C=O) groups excluding carboxylic acids is 2. The highest BCUT2D eigenvalue weighted by atomic mass is 16.5. The molecule has 1 atom stereocenters. The first-order chi connectivity index (χ1) is 12.5. The molecule has 0 saturated heterocycles. The summed E-state index contributed by atoms with van der Waals surface area (Å²) in [5, 5.41) is 0. The Hall–Kier alpha value is -2.96. The van der Waals surface area contributed by atoms with Crippen molar-refractivity contribution in [2.75, 3.05) is 35.0 Å². The highest BCUT2D eigenvalue weighted by Crippen LogP contribution is 2.49. The van der Waals surface area contributed by atoms with E-state index in [0.29, 0.717) is 35.0 Å². The lowest BCUT2D eigenvalue weighted by molar-refractivity contribution is -0.117. The van der Waals surface area contributed by atoms with Gasteiger partial charge in [0.05, 0.1) is 35.0 Å². The molecule has 1 aliphatic carbocycles. The number of rotatable bonds is 5. The van der Waals surface area contributed by atoms with Crippen LogP contribution in [-0.4, -0.2) is 46.6 Å². The van der Waals surface area contributed by atoms with E-state index in [2.05, 4.69) is 0 Å². The van der Waals surface area contributed by atoms with Crippen LogP contribution in [0.4, 0.5) is 0 Å². The van der Waals surface area contributed by atoms with Crippen LogP contribution in [0.1, 0.15) is 5.56 Å². The fourth-order valence-corrected chi connectivity index (χ4v) is 3.23. The molecule has 138 valence electrons. The quantitative estimate of drug-likeness (QED) is 0.742. The number of hydrogen-bond donors (Lipinski definition) is 0. The van der Waals surface area contributed by atoms with Gasteiger partial charge in [-0.1, -0.05) is 0 Å². The molecule has 1 unspecified atom stereocenters. The molecule has 0 amide bonds. The molecule has 1 aromatic carbocycles. The van der Waals surface area contributed by atoms with Gasteiger partial charge >= 0.3 is 0 Å². The maximum Gasteiger partial charge on any atom is 0.220 e. The van der Waals surface area contributed by atoms with Crippen LogP contribution in [-0.2, 0) is 20.7 Å². The zero-order valence-electron chi connectivity index (χ0n) is 15.1. The second-order valence-corrected chi connectivity index (χ2v) is 5.89. The largest absolute Gasteiger partial charge is 0.493 e. The van der Waals surface area contributed by atoms with Crippen LogP contribution < -0.4 is 18.9 Å². The summed E-state index contributed by atoms with van der Waals surface area (Å²) < 4.78 is 27.0. The predicted octanol–water partition coefficient (Wildman–Crippen LogP) is 1.87. The van der Waals surface area contributed by atoms with Crippen molar-refractivity contribution in [2.45, 2.75) is 6.42 Å². The number of benzene rings is 1. The molecule has 1 aliphatic heterocycles. The van der Waals surface area contributed by atoms with E-state index in [1.54, 1.807) is 6.07 Å². The van der Waals surface area contributed by atoms with Crippen molar-refractivity contribution in [3.8, 4) is 23.0 Å². The molecule has 0 radical (unpaired) electrons. The van der Waals surface area contributed by atoms with E-state index in [0.717, 1.165) is 5.56 Å². The van der Waals surface area contributed by atoms with Gasteiger partial charge in [-0.15, -0.1) is 0 Å². The second-order valence-electron chi connectivity index (χ2n) is 5.89. The van der Waals surface area contributed by atoms with E-state index >= 15 is 0 Å². The summed E-state index contributed by atoms with van der Waals surface area (Å²) in [5.74, 6) is 1.19. The van der Waals surface area contributed by atoms with Gasteiger partial charge in [-0.2, -0.15) is 0 Å². The fourth-order valence-electron chi connectivity index (χ4n) is 3.23. The third kappa shape index (κ3) is 2.89. The van der Waals surface area contributed by atoms with Crippen LogP contribution in [0.2, 0.25) is 0 Å². The molecule has 0 fully saturated rings. The number of ether oxygens (including phenoxy) is 5. The summed E-state index contributed by atoms with van der Waals surface area (Å²) in [6, 6.07) is 1.80. The molecule has 0 spiro atoms. The summed E-state index contributed by atoms with van der Waals surface area (Å²) in [7, 11) is 5.95. The van der Waals surface area contributed by atoms with Gasteiger partial charge in [0.25, 0.3) is 0 Å². The summed E-state index contributed by atoms with van der Waals surface area (Å²) in [6.45, 7) is 0.250. The zero-order valence-corrected chi connectivity index (χ0v) is 15.1. The lowest BCUT2D eigenvalue weighted by Gasteiger charge is -2.29. The average molecular weight is 360 g/mol. The number of allylic oxidation sites excluding steroid dienone is 2. The van der Waals surface area contributed by atoms with Gasteiger partial charge in [0.15, 0.2) is 23.0 Å². The van der Waals surface area contributed by atoms with Gasteiger partial charge < -0.3 is 23.7 Å². The van der Waals surface area contributed by atoms with Gasteiger partial charge in [0.2, 0.25) is 17.3 Å². The van der Waals surface area contributed by atoms with Crippen molar-refractivity contribution in [1.82, 2.24) is 0 Å². The fraction of sp³-hybridized carbons (Fsp3) is 0.368. The molecule has 1 aromatic rings. The molecular weight excluding hydrogens is 340 g/mol. The zero-order chi connectivity index (χ0) is 18.8. The average Bonchev–Trinajstić information content (AvgIpc) is 2.67. The lowest BCUT2D eigenvalue weighted by Crippen LogP contribution is -2.28. The van der Waals surface area contributed by atoms with Gasteiger partial charge in [0.1, 0.15) is 0 Å². The number of hydrogen-bond acceptors (Lipinski definition) is 7. The normalized spacial score (nSPS) is 19.0. The Morgan fingerprint density at radius 1 is 0.923 bits per heavy atom. The highest BCUT2D eigenvalue weighted by molar-refractivity contribution is 6.19. The summed E-state index contributed by atoms with van der Waals surface area (Å²) in [6.07, 6.45) is 3.06. The Balaban J connectivity index is 1.96. The molecule has 7 nitrogen and oxygen atoms in total. The molecule has 3 rings (SSSR count). The molecule has 0 bridgehead atoms. The molecular formula is C19H20O7. The van der Waals surface area contributed by atoms with E-state index in [4.69, 9.17) is 23.7 Å². The standard InChI is InChI=1S/C19H20O7/c1-22-15-8-13(20)12(7-14(15)21)11-5-10-6-16(23-2)18(24-3)19(25-4)17(10)26-9-11/h6-8,11H,5,9H2,1-4H3. The first-order valence-electron chi connectivity index (χ1n) is 8.04. The van der Waals surface area contributed by atoms with Crippen molar-refractivity contribution < 1.29 is 33.3 Å². The van der Waals surface area contributed by atoms with E-state index in [9.17, 15) is 9.59 Å². The molecule has 0 saturated carbocycles. The Kier molecular flexibility index (Phi) is 4.88. The highest BCUT2D eigenvalue weighted by Gasteiger charge is 2.33. The van der Waals surface area contributed by atoms with E-state index in [-0.39, 0.29) is 29.9 Å². The Bertz CT molecular complexity index is 820. The maximum atomic E-state index is 12.4. The first-order valence-corrected chi connectivity index (χ1v) is 8.04. The third-order valence-electron chi connectivity index (χ3n) is 4.49. The monoisotopic (exact) mass is 360 g/mol. The summed E-state index contributed by atoms with van der Waals surface area (Å²) >= 11 is 0. The van der Waals surface area contributed by atoms with Crippen LogP contribution >= 0.6 is 0 Å². The van der Waals surface area contributed by atoms with Crippen LogP contribution in [0.25, 0.3) is 0 Å². The molecule has 7 heteroatoms. The minimum Gasteiger partial charge on any atom is -0.493 e. The smallest absolute Gasteiger partial charge is 0.220 e. The van der Waals surface area contributed by atoms with Crippen LogP contribution in [0.3, 0.4) is 0 Å². The second kappa shape index (κ2) is 7.11. The summed E-state index contributed by atoms with van der Waals surface area (Å²) in [4.78, 5) is 24.4. The van der Waals surface area contributed by atoms with Crippen LogP contribution in [0.15, 0.2) is 29.6 Å². The van der Waals surface area contributed by atoms with E-state index in [1.807, 2.05) is 0 Å². The maximum absolute atomic E-state index is 12.4. The van der Waals surface area contributed by atoms with Crippen molar-refractivity contribution in [1.29, 1.82) is 0 Å². The Morgan fingerprint density at radius 2 is 1.65 bits per heavy atom. The predicted molar refractivity (Wildman–Crippen MR) is 92.0 cm³/mol. The first kappa shape index (κ1) is 17.8. The molecule has 0 aromatic heterocycles. The van der Waals surface area contributed by atoms with Crippen LogP contribution in [0, 0.1) is 5.92 Å². The third-order valence-corrected chi connectivity index (χ3v) is 4.49. The topological polar surface area (TPSA) is 80.3 Å². The molecule has 26 heavy (non-hydrogen) atoms. The number of methoxy groups -OCH3 is 4. The van der Waals surface area contributed by atoms with Crippen molar-refractivity contribution in [2.24, 2.45) is 5.92 Å². The van der Waals surface area contributed by atoms with Gasteiger partial charge in [-0.25, -0.2) is 0 Å². The SMILES string of the molecule is COC1=CC(=O)C(C2COc3c(cc(OC)c(OC)c3OC)C2)=CC1=O. The van der Waals surface area contributed by atoms with Gasteiger partial charge in [0, 0.05) is 23.1 Å². The van der Waals surface area contributed by atoms with E-state index in [1.165, 1.54) is 40.6 Å². The molecule has 1 heterocycles. The van der Waals surface area contributed by atoms with Crippen molar-refractivity contribution in [3.63, 3.8) is 0 Å². The van der Waals surface area contributed by atoms with E-state index < -0.39 is 0 Å². The number of carbonyl (C=O) groups is 2. The van der Waals surface area contributed by atoms with Gasteiger partial charge in [-0.05, 0) is 18.6 Å². The Labute approximate surface area is 151 Å². The van der Waals surface area contributed by atoms with Gasteiger partial charge in [-0.3, -0.25) is 9.59 Å². The number of ketones is 2. The minimum atomic E-state index is -0.321. The molecule has 0 N–H and O–H groups in total. The minimum absolute atomic E-state index is 0.0453. The molecule has 2 aliphatic rings. The number of fused-ring (bicyclic) bond motifs is 1. The van der Waals surface area contributed by atoms with Crippen molar-refractivity contribution >= 4 is 11.6 Å².